The molecule has 0 atom stereocenters. The van der Waals surface area contributed by atoms with Gasteiger partial charge in [0.05, 0.1) is 13.7 Å². The van der Waals surface area contributed by atoms with Gasteiger partial charge in [-0.15, -0.1) is 6.58 Å². The Balaban J connectivity index is 1.88. The van der Waals surface area contributed by atoms with Gasteiger partial charge in [-0.25, -0.2) is 0 Å². The third kappa shape index (κ3) is 4.88. The predicted molar refractivity (Wildman–Crippen MR) is 95.9 cm³/mol. The van der Waals surface area contributed by atoms with Crippen molar-refractivity contribution < 1.29 is 14.3 Å². The number of allylic oxidation sites excluding steroid dienone is 1. The first kappa shape index (κ1) is 17.6. The highest BCUT2D eigenvalue weighted by Gasteiger charge is 2.09. The number of carbonyl (C=O) groups excluding carboxylic acids is 1. The van der Waals surface area contributed by atoms with Crippen molar-refractivity contribution in [3.8, 4) is 11.5 Å². The Bertz CT molecular complexity index is 710. The van der Waals surface area contributed by atoms with Crippen LogP contribution in [0.5, 0.6) is 11.5 Å². The van der Waals surface area contributed by atoms with E-state index in [1.165, 1.54) is 0 Å². The second kappa shape index (κ2) is 8.77. The average molecular weight is 325 g/mol. The fourth-order valence-corrected chi connectivity index (χ4v) is 2.38. The minimum absolute atomic E-state index is 0.129. The Kier molecular flexibility index (Phi) is 6.43. The summed E-state index contributed by atoms with van der Waals surface area (Å²) >= 11 is 0. The number of benzene rings is 2. The summed E-state index contributed by atoms with van der Waals surface area (Å²) in [5, 5.41) is 2.86. The van der Waals surface area contributed by atoms with Crippen LogP contribution in [0, 0.1) is 6.92 Å². The van der Waals surface area contributed by atoms with Crippen molar-refractivity contribution in [3.05, 3.63) is 71.8 Å². The lowest BCUT2D eigenvalue weighted by atomic mass is 10.1. The normalized spacial score (nSPS) is 10.1. The van der Waals surface area contributed by atoms with Gasteiger partial charge in [-0.1, -0.05) is 18.2 Å². The number of hydrogen-bond donors (Lipinski definition) is 1. The molecule has 0 fully saturated rings. The molecule has 0 aliphatic carbocycles. The van der Waals surface area contributed by atoms with Gasteiger partial charge in [-0.05, 0) is 54.8 Å². The molecule has 0 aliphatic rings. The Morgan fingerprint density at radius 2 is 2.08 bits per heavy atom. The maximum absolute atomic E-state index is 12.2. The molecule has 24 heavy (non-hydrogen) atoms. The van der Waals surface area contributed by atoms with Gasteiger partial charge >= 0.3 is 0 Å². The quantitative estimate of drug-likeness (QED) is 0.596. The molecule has 0 spiro atoms. The molecular weight excluding hydrogens is 302 g/mol. The van der Waals surface area contributed by atoms with Crippen LogP contribution in [0.15, 0.2) is 55.1 Å². The molecule has 0 radical (unpaired) electrons. The van der Waals surface area contributed by atoms with Crippen LogP contribution < -0.4 is 14.8 Å². The predicted octanol–water partition coefficient (Wildman–Crippen LogP) is 3.54. The number of nitrogens with one attached hydrogen (secondary N) is 1. The van der Waals surface area contributed by atoms with E-state index in [2.05, 4.69) is 11.9 Å². The molecule has 2 aromatic carbocycles. The molecule has 1 amide bonds. The first-order chi connectivity index (χ1) is 11.6. The standard InChI is InChI=1S/C20H23NO3/c1-4-6-16-14-17(9-10-19(16)23-3)20(22)21-11-12-24-18-8-5-7-15(2)13-18/h4-5,7-10,13-14H,1,6,11-12H2,2-3H3,(H,21,22). The first-order valence-electron chi connectivity index (χ1n) is 7.89. The number of carbonyl (C=O) groups is 1. The van der Waals surface area contributed by atoms with E-state index in [9.17, 15) is 4.79 Å². The molecule has 0 saturated heterocycles. The molecule has 0 bridgehead atoms. The highest BCUT2D eigenvalue weighted by atomic mass is 16.5. The molecule has 0 unspecified atom stereocenters. The summed E-state index contributed by atoms with van der Waals surface area (Å²) in [6.07, 6.45) is 2.44. The summed E-state index contributed by atoms with van der Waals surface area (Å²) in [5.74, 6) is 1.44. The van der Waals surface area contributed by atoms with Gasteiger partial charge < -0.3 is 14.8 Å². The van der Waals surface area contributed by atoms with E-state index in [1.807, 2.05) is 37.3 Å². The largest absolute Gasteiger partial charge is 0.496 e. The number of methoxy groups -OCH3 is 1. The van der Waals surface area contributed by atoms with Crippen molar-refractivity contribution >= 4 is 5.91 Å². The number of aryl methyl sites for hydroxylation is 1. The van der Waals surface area contributed by atoms with Crippen LogP contribution in [-0.2, 0) is 6.42 Å². The van der Waals surface area contributed by atoms with Crippen LogP contribution in [-0.4, -0.2) is 26.2 Å². The third-order valence-electron chi connectivity index (χ3n) is 3.55. The van der Waals surface area contributed by atoms with Crippen LogP contribution in [0.1, 0.15) is 21.5 Å². The van der Waals surface area contributed by atoms with Gasteiger partial charge in [0.25, 0.3) is 5.91 Å². The average Bonchev–Trinajstić information content (AvgIpc) is 2.59. The minimum atomic E-state index is -0.129. The monoisotopic (exact) mass is 325 g/mol. The number of rotatable bonds is 8. The lowest BCUT2D eigenvalue weighted by Crippen LogP contribution is -2.28. The summed E-state index contributed by atoms with van der Waals surface area (Å²) in [5.41, 5.74) is 2.68. The van der Waals surface area contributed by atoms with Crippen molar-refractivity contribution in [3.63, 3.8) is 0 Å². The summed E-state index contributed by atoms with van der Waals surface area (Å²) in [6, 6.07) is 13.2. The van der Waals surface area contributed by atoms with Crippen LogP contribution in [0.3, 0.4) is 0 Å². The van der Waals surface area contributed by atoms with E-state index in [1.54, 1.807) is 25.3 Å². The second-order valence-corrected chi connectivity index (χ2v) is 5.44. The number of hydrogen-bond acceptors (Lipinski definition) is 3. The van der Waals surface area contributed by atoms with Crippen molar-refractivity contribution in [2.75, 3.05) is 20.3 Å². The van der Waals surface area contributed by atoms with Gasteiger partial charge in [0.15, 0.2) is 0 Å². The molecule has 2 aromatic rings. The topological polar surface area (TPSA) is 47.6 Å². The number of ether oxygens (including phenoxy) is 2. The summed E-state index contributed by atoms with van der Waals surface area (Å²) < 4.78 is 10.9. The molecule has 1 N–H and O–H groups in total. The molecular formula is C20H23NO3. The van der Waals surface area contributed by atoms with Crippen LogP contribution >= 0.6 is 0 Å². The van der Waals surface area contributed by atoms with E-state index in [4.69, 9.17) is 9.47 Å². The molecule has 0 heterocycles. The second-order valence-electron chi connectivity index (χ2n) is 5.44. The summed E-state index contributed by atoms with van der Waals surface area (Å²) in [6.45, 7) is 6.60. The van der Waals surface area contributed by atoms with Crippen LogP contribution in [0.25, 0.3) is 0 Å². The highest BCUT2D eigenvalue weighted by molar-refractivity contribution is 5.94. The molecule has 0 aliphatic heterocycles. The van der Waals surface area contributed by atoms with E-state index >= 15 is 0 Å². The lowest BCUT2D eigenvalue weighted by Gasteiger charge is -2.11. The molecule has 4 heteroatoms. The van der Waals surface area contributed by atoms with Crippen molar-refractivity contribution in [2.24, 2.45) is 0 Å². The van der Waals surface area contributed by atoms with Gasteiger partial charge in [0, 0.05) is 5.56 Å². The highest BCUT2D eigenvalue weighted by Crippen LogP contribution is 2.20. The first-order valence-corrected chi connectivity index (χ1v) is 7.89. The van der Waals surface area contributed by atoms with E-state index < -0.39 is 0 Å². The fourth-order valence-electron chi connectivity index (χ4n) is 2.38. The van der Waals surface area contributed by atoms with Gasteiger partial charge in [0.1, 0.15) is 18.1 Å². The fraction of sp³-hybridized carbons (Fsp3) is 0.250. The van der Waals surface area contributed by atoms with E-state index in [0.29, 0.717) is 25.1 Å². The zero-order valence-electron chi connectivity index (χ0n) is 14.2. The number of amides is 1. The Labute approximate surface area is 143 Å². The molecule has 0 saturated carbocycles. The Morgan fingerprint density at radius 1 is 1.25 bits per heavy atom. The van der Waals surface area contributed by atoms with Crippen molar-refractivity contribution in [1.82, 2.24) is 5.32 Å². The van der Waals surface area contributed by atoms with E-state index in [0.717, 1.165) is 22.6 Å². The smallest absolute Gasteiger partial charge is 0.251 e. The van der Waals surface area contributed by atoms with Crippen LogP contribution in [0.2, 0.25) is 0 Å². The Hall–Kier alpha value is -2.75. The van der Waals surface area contributed by atoms with Gasteiger partial charge in [-0.3, -0.25) is 4.79 Å². The molecule has 2 rings (SSSR count). The minimum Gasteiger partial charge on any atom is -0.496 e. The molecule has 0 aromatic heterocycles. The summed E-state index contributed by atoms with van der Waals surface area (Å²) in [7, 11) is 1.62. The molecule has 126 valence electrons. The maximum Gasteiger partial charge on any atom is 0.251 e. The Morgan fingerprint density at radius 3 is 2.79 bits per heavy atom. The maximum atomic E-state index is 12.2. The van der Waals surface area contributed by atoms with Crippen molar-refractivity contribution in [2.45, 2.75) is 13.3 Å². The van der Waals surface area contributed by atoms with Crippen LogP contribution in [0.4, 0.5) is 0 Å². The zero-order chi connectivity index (χ0) is 17.4. The van der Waals surface area contributed by atoms with Gasteiger partial charge in [-0.2, -0.15) is 0 Å². The van der Waals surface area contributed by atoms with E-state index in [-0.39, 0.29) is 5.91 Å². The van der Waals surface area contributed by atoms with Crippen molar-refractivity contribution in [1.29, 1.82) is 0 Å². The summed E-state index contributed by atoms with van der Waals surface area (Å²) in [4.78, 5) is 12.2. The zero-order valence-corrected chi connectivity index (χ0v) is 14.2. The lowest BCUT2D eigenvalue weighted by molar-refractivity contribution is 0.0947. The van der Waals surface area contributed by atoms with Gasteiger partial charge in [0.2, 0.25) is 0 Å². The molecule has 4 nitrogen and oxygen atoms in total. The SMILES string of the molecule is C=CCc1cc(C(=O)NCCOc2cccc(C)c2)ccc1OC. The third-order valence-corrected chi connectivity index (χ3v) is 3.55.